The van der Waals surface area contributed by atoms with Gasteiger partial charge in [-0.2, -0.15) is 5.26 Å². The highest BCUT2D eigenvalue weighted by Gasteiger charge is 2.23. The van der Waals surface area contributed by atoms with Crippen molar-refractivity contribution in [2.45, 2.75) is 6.54 Å². The first kappa shape index (κ1) is 17.8. The quantitative estimate of drug-likeness (QED) is 0.498. The maximum absolute atomic E-state index is 13.2. The van der Waals surface area contributed by atoms with Crippen LogP contribution in [-0.4, -0.2) is 18.0 Å². The average Bonchev–Trinajstić information content (AvgIpc) is 3.40. The number of carbonyl (C=O) groups is 1. The number of nitriles is 1. The number of hydrogen-bond donors (Lipinski definition) is 0. The van der Waals surface area contributed by atoms with Gasteiger partial charge in [-0.15, -0.1) is 0 Å². The maximum atomic E-state index is 13.2. The van der Waals surface area contributed by atoms with Gasteiger partial charge >= 0.3 is 0 Å². The van der Waals surface area contributed by atoms with Crippen molar-refractivity contribution in [1.29, 1.82) is 5.26 Å². The molecule has 28 heavy (non-hydrogen) atoms. The lowest BCUT2D eigenvalue weighted by Crippen LogP contribution is -2.30. The largest absolute Gasteiger partial charge is 0.497 e. The van der Waals surface area contributed by atoms with Crippen LogP contribution < -0.4 is 9.64 Å². The molecular weight excluding hydrogens is 374 g/mol. The van der Waals surface area contributed by atoms with Gasteiger partial charge in [-0.1, -0.05) is 11.3 Å². The van der Waals surface area contributed by atoms with Gasteiger partial charge in [0.05, 0.1) is 41.8 Å². The molecule has 1 amide bonds. The number of amides is 1. The number of hydrogen-bond acceptors (Lipinski definition) is 6. The molecule has 0 spiro atoms. The van der Waals surface area contributed by atoms with Crippen molar-refractivity contribution in [3.8, 4) is 11.8 Å². The highest BCUT2D eigenvalue weighted by Crippen LogP contribution is 2.32. The standard InChI is InChI=1S/C21H15N3O3S/c1-26-16-8-9-19-18(11-16)23-21(28-19)24(13-17-3-2-10-27-17)20(25)15-6-4-14(12-22)5-7-15/h2-11H,13H2,1H3. The van der Waals surface area contributed by atoms with E-state index >= 15 is 0 Å². The van der Waals surface area contributed by atoms with Crippen molar-refractivity contribution < 1.29 is 13.9 Å². The van der Waals surface area contributed by atoms with Crippen LogP contribution in [0.2, 0.25) is 0 Å². The van der Waals surface area contributed by atoms with Gasteiger partial charge < -0.3 is 9.15 Å². The van der Waals surface area contributed by atoms with E-state index in [9.17, 15) is 4.79 Å². The number of methoxy groups -OCH3 is 1. The van der Waals surface area contributed by atoms with Crippen LogP contribution in [-0.2, 0) is 6.54 Å². The fourth-order valence-electron chi connectivity index (χ4n) is 2.77. The van der Waals surface area contributed by atoms with Gasteiger partial charge in [-0.05, 0) is 48.5 Å². The van der Waals surface area contributed by atoms with Crippen molar-refractivity contribution in [3.63, 3.8) is 0 Å². The Balaban J connectivity index is 1.74. The molecule has 0 saturated heterocycles. The fourth-order valence-corrected chi connectivity index (χ4v) is 3.71. The van der Waals surface area contributed by atoms with Crippen molar-refractivity contribution in [2.24, 2.45) is 0 Å². The summed E-state index contributed by atoms with van der Waals surface area (Å²) in [5, 5.41) is 9.54. The lowest BCUT2D eigenvalue weighted by atomic mass is 10.1. The van der Waals surface area contributed by atoms with Crippen LogP contribution in [0.15, 0.2) is 65.3 Å². The molecule has 2 aromatic heterocycles. The molecule has 0 aliphatic rings. The zero-order valence-corrected chi connectivity index (χ0v) is 15.8. The van der Waals surface area contributed by atoms with Crippen molar-refractivity contribution in [3.05, 3.63) is 77.7 Å². The Morgan fingerprint density at radius 1 is 1.25 bits per heavy atom. The molecular formula is C21H15N3O3S. The summed E-state index contributed by atoms with van der Waals surface area (Å²) in [6, 6.07) is 17.8. The van der Waals surface area contributed by atoms with Crippen LogP contribution in [0.3, 0.4) is 0 Å². The van der Waals surface area contributed by atoms with Crippen molar-refractivity contribution in [2.75, 3.05) is 12.0 Å². The van der Waals surface area contributed by atoms with Crippen molar-refractivity contribution in [1.82, 2.24) is 4.98 Å². The second kappa shape index (κ2) is 7.55. The SMILES string of the molecule is COc1ccc2sc(N(Cc3ccco3)C(=O)c3ccc(C#N)cc3)nc2c1. The van der Waals surface area contributed by atoms with Gasteiger partial charge in [0.1, 0.15) is 11.5 Å². The number of aromatic nitrogens is 1. The summed E-state index contributed by atoms with van der Waals surface area (Å²) >= 11 is 1.42. The summed E-state index contributed by atoms with van der Waals surface area (Å²) in [4.78, 5) is 19.4. The Labute approximate surface area is 165 Å². The van der Waals surface area contributed by atoms with E-state index in [0.717, 1.165) is 10.2 Å². The van der Waals surface area contributed by atoms with Crippen LogP contribution in [0.25, 0.3) is 10.2 Å². The Bertz CT molecular complexity index is 1160. The molecule has 0 aliphatic carbocycles. The predicted octanol–water partition coefficient (Wildman–Crippen LogP) is 4.62. The minimum absolute atomic E-state index is 0.216. The molecule has 4 aromatic rings. The third kappa shape index (κ3) is 3.46. The van der Waals surface area contributed by atoms with E-state index in [1.165, 1.54) is 11.3 Å². The van der Waals surface area contributed by atoms with Gasteiger partial charge in [0.25, 0.3) is 5.91 Å². The van der Waals surface area contributed by atoms with Crippen LogP contribution >= 0.6 is 11.3 Å². The van der Waals surface area contributed by atoms with Gasteiger partial charge in [-0.3, -0.25) is 9.69 Å². The molecule has 2 heterocycles. The first-order valence-electron chi connectivity index (χ1n) is 8.47. The van der Waals surface area contributed by atoms with Crippen molar-refractivity contribution >= 4 is 32.6 Å². The molecule has 138 valence electrons. The predicted molar refractivity (Wildman–Crippen MR) is 107 cm³/mol. The molecule has 0 aliphatic heterocycles. The number of fused-ring (bicyclic) bond motifs is 1. The molecule has 0 bridgehead atoms. The number of furan rings is 1. The lowest BCUT2D eigenvalue weighted by molar-refractivity contribution is 0.0983. The zero-order valence-electron chi connectivity index (χ0n) is 15.0. The second-order valence-electron chi connectivity index (χ2n) is 5.99. The Morgan fingerprint density at radius 3 is 2.75 bits per heavy atom. The monoisotopic (exact) mass is 389 g/mol. The molecule has 0 unspecified atom stereocenters. The maximum Gasteiger partial charge on any atom is 0.260 e. The summed E-state index contributed by atoms with van der Waals surface area (Å²) in [5.41, 5.74) is 1.74. The Hall–Kier alpha value is -3.63. The van der Waals surface area contributed by atoms with E-state index in [1.54, 1.807) is 48.6 Å². The first-order chi connectivity index (χ1) is 13.7. The Morgan fingerprint density at radius 2 is 2.07 bits per heavy atom. The zero-order chi connectivity index (χ0) is 19.5. The number of benzene rings is 2. The molecule has 0 saturated carbocycles. The molecule has 6 nitrogen and oxygen atoms in total. The number of carbonyl (C=O) groups excluding carboxylic acids is 1. The van der Waals surface area contributed by atoms with Crippen LogP contribution in [0.1, 0.15) is 21.7 Å². The molecule has 0 atom stereocenters. The number of ether oxygens (including phenoxy) is 1. The normalized spacial score (nSPS) is 10.6. The Kier molecular flexibility index (Phi) is 4.79. The van der Waals surface area contributed by atoms with E-state index < -0.39 is 0 Å². The summed E-state index contributed by atoms with van der Waals surface area (Å²) < 4.78 is 11.6. The van der Waals surface area contributed by atoms with Gasteiger partial charge in [-0.25, -0.2) is 4.98 Å². The fraction of sp³-hybridized carbons (Fsp3) is 0.0952. The van der Waals surface area contributed by atoms with Crippen LogP contribution in [0.5, 0.6) is 5.75 Å². The highest BCUT2D eigenvalue weighted by molar-refractivity contribution is 7.22. The third-order valence-corrected chi connectivity index (χ3v) is 5.27. The molecule has 0 fully saturated rings. The number of thiazole rings is 1. The third-order valence-electron chi connectivity index (χ3n) is 4.21. The minimum atomic E-state index is -0.216. The van der Waals surface area contributed by atoms with Crippen LogP contribution in [0, 0.1) is 11.3 Å². The van der Waals surface area contributed by atoms with Gasteiger partial charge in [0.15, 0.2) is 5.13 Å². The molecule has 2 aromatic carbocycles. The van der Waals surface area contributed by atoms with Crippen LogP contribution in [0.4, 0.5) is 5.13 Å². The van der Waals surface area contributed by atoms with E-state index in [2.05, 4.69) is 11.1 Å². The summed E-state index contributed by atoms with van der Waals surface area (Å²) in [6.45, 7) is 0.253. The molecule has 0 radical (unpaired) electrons. The smallest absolute Gasteiger partial charge is 0.260 e. The molecule has 4 rings (SSSR count). The molecule has 7 heteroatoms. The van der Waals surface area contributed by atoms with E-state index in [-0.39, 0.29) is 12.5 Å². The first-order valence-corrected chi connectivity index (χ1v) is 9.28. The topological polar surface area (TPSA) is 79.4 Å². The summed E-state index contributed by atoms with van der Waals surface area (Å²) in [6.07, 6.45) is 1.57. The number of rotatable bonds is 5. The minimum Gasteiger partial charge on any atom is -0.497 e. The highest BCUT2D eigenvalue weighted by atomic mass is 32.1. The average molecular weight is 389 g/mol. The summed E-state index contributed by atoms with van der Waals surface area (Å²) in [7, 11) is 1.60. The molecule has 0 N–H and O–H groups in total. The number of anilines is 1. The lowest BCUT2D eigenvalue weighted by Gasteiger charge is -2.18. The van der Waals surface area contributed by atoms with E-state index in [1.807, 2.05) is 24.3 Å². The number of nitrogens with zero attached hydrogens (tertiary/aromatic N) is 3. The van der Waals surface area contributed by atoms with E-state index in [0.29, 0.717) is 27.8 Å². The summed E-state index contributed by atoms with van der Waals surface area (Å²) in [5.74, 6) is 1.14. The second-order valence-corrected chi connectivity index (χ2v) is 7.00. The van der Waals surface area contributed by atoms with E-state index in [4.69, 9.17) is 14.4 Å². The van der Waals surface area contributed by atoms with Gasteiger partial charge in [0, 0.05) is 11.6 Å². The van der Waals surface area contributed by atoms with Gasteiger partial charge in [0.2, 0.25) is 0 Å².